The first-order valence-electron chi connectivity index (χ1n) is 11.5. The van der Waals surface area contributed by atoms with Gasteiger partial charge in [-0.1, -0.05) is 0 Å². The summed E-state index contributed by atoms with van der Waals surface area (Å²) in [5.74, 6) is 0.645. The van der Waals surface area contributed by atoms with Crippen LogP contribution in [0.2, 0.25) is 12.9 Å². The third-order valence-electron chi connectivity index (χ3n) is 8.29. The number of benzene rings is 2. The SMILES string of the molecule is [CH2]=[Zr]([CH3])([CH3])([Cl])([Cl])([CH]1C=CC(C2CCCCC2)=C1)[CH]1c2ccccc2-c2ccccc21. The Bertz CT molecular complexity index is 1170. The summed E-state index contributed by atoms with van der Waals surface area (Å²) < 4.78 is 9.11. The average Bonchev–Trinajstić information content (AvgIpc) is 3.33. The number of hydrogen-bond donors (Lipinski definition) is 0. The molecule has 0 aromatic heterocycles. The Balaban J connectivity index is 1.71. The zero-order chi connectivity index (χ0) is 21.3. The Morgan fingerprint density at radius 3 is 1.93 bits per heavy atom. The van der Waals surface area contributed by atoms with Crippen LogP contribution in [0.15, 0.2) is 72.3 Å². The molecule has 30 heavy (non-hydrogen) atoms. The van der Waals surface area contributed by atoms with Gasteiger partial charge in [-0.05, 0) is 0 Å². The molecule has 2 aromatic rings. The van der Waals surface area contributed by atoms with Crippen molar-refractivity contribution in [3.63, 3.8) is 0 Å². The Hall–Kier alpha value is -0.747. The maximum absolute atomic E-state index is 8.02. The number of rotatable bonds is 3. The second-order valence-electron chi connectivity index (χ2n) is 12.0. The Morgan fingerprint density at radius 2 is 1.37 bits per heavy atom. The van der Waals surface area contributed by atoms with Crippen LogP contribution in [0.5, 0.6) is 0 Å². The molecular weight excluding hydrogens is 486 g/mol. The summed E-state index contributed by atoms with van der Waals surface area (Å²) in [6.07, 6.45) is 13.6. The van der Waals surface area contributed by atoms with Crippen LogP contribution >= 0.6 is 17.0 Å². The summed E-state index contributed by atoms with van der Waals surface area (Å²) in [6.45, 7) is 0. The van der Waals surface area contributed by atoms with E-state index >= 15 is 0 Å². The molecule has 0 bridgehead atoms. The fraction of sp³-hybridized carbons (Fsp3) is 0.370. The van der Waals surface area contributed by atoms with Crippen LogP contribution in [0.25, 0.3) is 11.1 Å². The summed E-state index contributed by atoms with van der Waals surface area (Å²) in [5, 5.41) is 0. The summed E-state index contributed by atoms with van der Waals surface area (Å²) in [5.41, 5.74) is 6.40. The van der Waals surface area contributed by atoms with Gasteiger partial charge in [-0.3, -0.25) is 0 Å². The Morgan fingerprint density at radius 1 is 0.833 bits per heavy atom. The molecule has 1 saturated carbocycles. The molecule has 0 aliphatic heterocycles. The minimum absolute atomic E-state index is 0.0359. The molecule has 0 saturated heterocycles. The fourth-order valence-corrected chi connectivity index (χ4v) is 23.6. The monoisotopic (exact) mass is 516 g/mol. The van der Waals surface area contributed by atoms with E-state index in [0.29, 0.717) is 5.92 Å². The molecule has 158 valence electrons. The van der Waals surface area contributed by atoms with Crippen LogP contribution in [-0.2, 0) is 12.9 Å². The molecule has 0 N–H and O–H groups in total. The molecule has 5 rings (SSSR count). The van der Waals surface area contributed by atoms with Crippen molar-refractivity contribution in [2.24, 2.45) is 5.92 Å². The summed E-state index contributed by atoms with van der Waals surface area (Å²) in [4.78, 5) is 0. The van der Waals surface area contributed by atoms with Crippen LogP contribution in [0, 0.1) is 5.92 Å². The van der Waals surface area contributed by atoms with E-state index in [0.717, 1.165) is 0 Å². The molecule has 3 aliphatic carbocycles. The second kappa shape index (κ2) is 5.78. The van der Waals surface area contributed by atoms with Gasteiger partial charge < -0.3 is 0 Å². The topological polar surface area (TPSA) is 0 Å². The van der Waals surface area contributed by atoms with Gasteiger partial charge in [-0.2, -0.15) is 0 Å². The third kappa shape index (κ3) is 3.07. The molecule has 1 fully saturated rings. The van der Waals surface area contributed by atoms with Gasteiger partial charge in [0.2, 0.25) is 0 Å². The zero-order valence-electron chi connectivity index (χ0n) is 18.1. The average molecular weight is 519 g/mol. The fourth-order valence-electron chi connectivity index (χ4n) is 6.57. The normalized spacial score (nSPS) is 25.5. The van der Waals surface area contributed by atoms with Crippen molar-refractivity contribution in [1.29, 1.82) is 0 Å². The van der Waals surface area contributed by atoms with E-state index in [4.69, 9.17) is 21.2 Å². The van der Waals surface area contributed by atoms with Gasteiger partial charge in [0.15, 0.2) is 0 Å². The molecule has 3 aliphatic rings. The van der Waals surface area contributed by atoms with E-state index in [1.165, 1.54) is 59.9 Å². The molecule has 0 nitrogen and oxygen atoms in total. The van der Waals surface area contributed by atoms with E-state index in [1.807, 2.05) is 0 Å². The van der Waals surface area contributed by atoms with Crippen molar-refractivity contribution in [3.8, 4) is 11.1 Å². The Kier molecular flexibility index (Phi) is 4.07. The molecule has 2 aromatic carbocycles. The van der Waals surface area contributed by atoms with Gasteiger partial charge in [0.05, 0.1) is 0 Å². The molecule has 3 heteroatoms. The zero-order valence-corrected chi connectivity index (χ0v) is 22.1. The van der Waals surface area contributed by atoms with E-state index < -0.39 is 12.9 Å². The summed E-state index contributed by atoms with van der Waals surface area (Å²) >= 11 is -5.70. The summed E-state index contributed by atoms with van der Waals surface area (Å²) in [7, 11) is 16.0. The van der Waals surface area contributed by atoms with Crippen molar-refractivity contribution in [2.75, 3.05) is 0 Å². The number of allylic oxidation sites excluding steroid dienone is 4. The van der Waals surface area contributed by atoms with E-state index in [1.54, 1.807) is 0 Å². The van der Waals surface area contributed by atoms with Crippen LogP contribution in [-0.4, -0.2) is 4.21 Å². The molecule has 0 heterocycles. The first kappa shape index (κ1) is 21.1. The predicted octanol–water partition coefficient (Wildman–Crippen LogP) is 9.22. The number of halogens is 2. The van der Waals surface area contributed by atoms with Crippen LogP contribution < -0.4 is 0 Å². The van der Waals surface area contributed by atoms with Gasteiger partial charge in [0.25, 0.3) is 0 Å². The van der Waals surface area contributed by atoms with Crippen LogP contribution in [0.1, 0.15) is 46.9 Å². The van der Waals surface area contributed by atoms with Crippen LogP contribution in [0.4, 0.5) is 0 Å². The quantitative estimate of drug-likeness (QED) is 0.380. The van der Waals surface area contributed by atoms with Gasteiger partial charge in [-0.15, -0.1) is 0 Å². The first-order chi connectivity index (χ1) is 13.9. The van der Waals surface area contributed by atoms with Crippen molar-refractivity contribution in [1.82, 2.24) is 0 Å². The van der Waals surface area contributed by atoms with Gasteiger partial charge >= 0.3 is 183 Å². The van der Waals surface area contributed by atoms with Gasteiger partial charge in [0.1, 0.15) is 0 Å². The Labute approximate surface area is 182 Å². The third-order valence-corrected chi connectivity index (χ3v) is 28.6. The van der Waals surface area contributed by atoms with E-state index in [2.05, 4.69) is 76.0 Å². The maximum atomic E-state index is 8.02. The predicted molar refractivity (Wildman–Crippen MR) is 132 cm³/mol. The molecule has 0 spiro atoms. The van der Waals surface area contributed by atoms with E-state index in [9.17, 15) is 0 Å². The molecule has 0 radical (unpaired) electrons. The van der Waals surface area contributed by atoms with Crippen LogP contribution in [0.3, 0.4) is 0 Å². The van der Waals surface area contributed by atoms with Crippen molar-refractivity contribution in [3.05, 3.63) is 83.5 Å². The molecule has 1 atom stereocenters. The number of fused-ring (bicyclic) bond motifs is 3. The van der Waals surface area contributed by atoms with Crippen molar-refractivity contribution >= 4 is 21.2 Å². The molecule has 1 unspecified atom stereocenters. The van der Waals surface area contributed by atoms with Gasteiger partial charge in [0, 0.05) is 0 Å². The number of hydrogen-bond acceptors (Lipinski definition) is 0. The van der Waals surface area contributed by atoms with Crippen molar-refractivity contribution < 1.29 is 12.9 Å². The minimum atomic E-state index is -5.70. The van der Waals surface area contributed by atoms with Crippen molar-refractivity contribution in [2.45, 2.75) is 48.6 Å². The summed E-state index contributed by atoms with van der Waals surface area (Å²) in [6, 6.07) is 17.2. The molecular formula is C27H32Cl2Zr. The standard InChI is InChI=1S/C13H9.C11H15.2CH3.CH2.2ClH.Zr/c1-3-7-12-10(5-1)9-11-6-2-4-8-13(11)12;1-2-6-10(7-3-1)11-8-4-5-9-11;;;;;;/h1-9H;4-5,8-10H,1-3,6-7H2;2*1H3;1H2;2*1H;/q;;;;;;;+2/p-2. The van der Waals surface area contributed by atoms with E-state index in [-0.39, 0.29) is 7.25 Å². The van der Waals surface area contributed by atoms with Gasteiger partial charge in [-0.25, -0.2) is 0 Å². The second-order valence-corrected chi connectivity index (χ2v) is 57.6. The first-order valence-corrected chi connectivity index (χ1v) is 27.3. The molecule has 0 amide bonds.